The molecule has 0 bridgehead atoms. The minimum atomic E-state index is -0.325. The molecule has 0 aliphatic rings. The fourth-order valence-electron chi connectivity index (χ4n) is 1.81. The zero-order chi connectivity index (χ0) is 15.7. The molecule has 0 heterocycles. The number of nitrogens with one attached hydrogen (secondary N) is 1. The summed E-state index contributed by atoms with van der Waals surface area (Å²) in [7, 11) is 0. The van der Waals surface area contributed by atoms with Crippen molar-refractivity contribution in [3.8, 4) is 0 Å². The summed E-state index contributed by atoms with van der Waals surface area (Å²) in [6.07, 6.45) is 0. The molecule has 1 amide bonds. The van der Waals surface area contributed by atoms with Crippen molar-refractivity contribution < 1.29 is 13.9 Å². The van der Waals surface area contributed by atoms with Crippen LogP contribution in [-0.2, 0) is 9.53 Å². The van der Waals surface area contributed by atoms with Gasteiger partial charge in [0, 0.05) is 24.8 Å². The highest BCUT2D eigenvalue weighted by Gasteiger charge is 2.14. The number of rotatable bonds is 9. The average molecular weight is 334 g/mol. The third-order valence-electron chi connectivity index (χ3n) is 2.99. The van der Waals surface area contributed by atoms with Gasteiger partial charge in [0.1, 0.15) is 5.82 Å². The summed E-state index contributed by atoms with van der Waals surface area (Å²) in [5.41, 5.74) is 5.94. The molecule has 0 saturated carbocycles. The first-order valence-electron chi connectivity index (χ1n) is 7.10. The van der Waals surface area contributed by atoms with Crippen LogP contribution in [0.5, 0.6) is 0 Å². The molecule has 0 spiro atoms. The van der Waals surface area contributed by atoms with Gasteiger partial charge < -0.3 is 15.8 Å². The molecule has 5 nitrogen and oxygen atoms in total. The quantitative estimate of drug-likeness (QED) is 0.677. The van der Waals surface area contributed by atoms with Crippen molar-refractivity contribution in [1.29, 1.82) is 0 Å². The second-order valence-electron chi connectivity index (χ2n) is 5.02. The fourth-order valence-corrected chi connectivity index (χ4v) is 1.81. The average Bonchev–Trinajstić information content (AvgIpc) is 2.44. The molecule has 0 unspecified atom stereocenters. The number of hydrogen-bond donors (Lipinski definition) is 2. The number of nitrogens with two attached hydrogens (primary N) is 1. The molecule has 0 fully saturated rings. The van der Waals surface area contributed by atoms with E-state index >= 15 is 0 Å². The van der Waals surface area contributed by atoms with Crippen LogP contribution in [0.2, 0.25) is 0 Å². The van der Waals surface area contributed by atoms with Crippen LogP contribution < -0.4 is 11.1 Å². The van der Waals surface area contributed by atoms with Gasteiger partial charge in [0.2, 0.25) is 5.91 Å². The summed E-state index contributed by atoms with van der Waals surface area (Å²) in [6.45, 7) is 6.53. The molecule has 126 valence electrons. The highest BCUT2D eigenvalue weighted by atomic mass is 35.5. The van der Waals surface area contributed by atoms with Crippen molar-refractivity contribution in [2.75, 3.05) is 38.2 Å². The molecule has 0 atom stereocenters. The minimum Gasteiger partial charge on any atom is -0.379 e. The molecule has 22 heavy (non-hydrogen) atoms. The standard InChI is InChI=1S/C15H24FN3O2.ClH/c1-12(2)19(8-10-21-9-7-17)11-15(20)18-14-5-3-13(16)4-6-14;/h3-6,12H,7-11,17H2,1-2H3,(H,18,20);1H. The number of benzene rings is 1. The molecule has 0 aromatic heterocycles. The number of amides is 1. The van der Waals surface area contributed by atoms with E-state index in [2.05, 4.69) is 5.32 Å². The fraction of sp³-hybridized carbons (Fsp3) is 0.533. The zero-order valence-electron chi connectivity index (χ0n) is 13.0. The van der Waals surface area contributed by atoms with Gasteiger partial charge in [-0.3, -0.25) is 9.69 Å². The number of halogens is 2. The van der Waals surface area contributed by atoms with Crippen LogP contribution >= 0.6 is 12.4 Å². The smallest absolute Gasteiger partial charge is 0.238 e. The normalized spacial score (nSPS) is 10.6. The molecular weight excluding hydrogens is 309 g/mol. The first-order valence-corrected chi connectivity index (χ1v) is 7.10. The van der Waals surface area contributed by atoms with Gasteiger partial charge in [-0.1, -0.05) is 0 Å². The number of carbonyl (C=O) groups excluding carboxylic acids is 1. The Morgan fingerprint density at radius 3 is 2.50 bits per heavy atom. The molecule has 0 saturated heterocycles. The van der Waals surface area contributed by atoms with Gasteiger partial charge in [-0.15, -0.1) is 12.4 Å². The molecule has 7 heteroatoms. The Labute approximate surface area is 137 Å². The number of anilines is 1. The van der Waals surface area contributed by atoms with E-state index in [1.807, 2.05) is 18.7 Å². The molecule has 1 aromatic carbocycles. The molecule has 0 aliphatic carbocycles. The van der Waals surface area contributed by atoms with Crippen molar-refractivity contribution in [3.05, 3.63) is 30.1 Å². The number of hydrogen-bond acceptors (Lipinski definition) is 4. The third-order valence-corrected chi connectivity index (χ3v) is 2.99. The Bertz CT molecular complexity index is 429. The van der Waals surface area contributed by atoms with Gasteiger partial charge in [-0.2, -0.15) is 0 Å². The van der Waals surface area contributed by atoms with Crippen LogP contribution in [0.25, 0.3) is 0 Å². The van der Waals surface area contributed by atoms with E-state index in [1.54, 1.807) is 0 Å². The maximum Gasteiger partial charge on any atom is 0.238 e. The van der Waals surface area contributed by atoms with Crippen LogP contribution in [0, 0.1) is 5.82 Å². The van der Waals surface area contributed by atoms with E-state index in [0.717, 1.165) is 0 Å². The largest absolute Gasteiger partial charge is 0.379 e. The number of ether oxygens (including phenoxy) is 1. The Balaban J connectivity index is 0.00000441. The highest BCUT2D eigenvalue weighted by molar-refractivity contribution is 5.92. The van der Waals surface area contributed by atoms with E-state index in [9.17, 15) is 9.18 Å². The molecule has 1 aromatic rings. The van der Waals surface area contributed by atoms with Crippen molar-refractivity contribution in [3.63, 3.8) is 0 Å². The second kappa shape index (κ2) is 11.4. The van der Waals surface area contributed by atoms with Crippen molar-refractivity contribution in [2.45, 2.75) is 19.9 Å². The topological polar surface area (TPSA) is 67.6 Å². The van der Waals surface area contributed by atoms with Crippen molar-refractivity contribution in [2.24, 2.45) is 5.73 Å². The lowest BCUT2D eigenvalue weighted by molar-refractivity contribution is -0.117. The summed E-state index contributed by atoms with van der Waals surface area (Å²) in [4.78, 5) is 14.0. The molecule has 0 radical (unpaired) electrons. The lowest BCUT2D eigenvalue weighted by Crippen LogP contribution is -2.40. The number of carbonyl (C=O) groups is 1. The monoisotopic (exact) mass is 333 g/mol. The first kappa shape index (κ1) is 20.8. The Hall–Kier alpha value is -1.21. The molecule has 0 aliphatic heterocycles. The van der Waals surface area contributed by atoms with Gasteiger partial charge in [0.15, 0.2) is 0 Å². The summed E-state index contributed by atoms with van der Waals surface area (Å²) in [5.74, 6) is -0.456. The van der Waals surface area contributed by atoms with Gasteiger partial charge in [-0.05, 0) is 38.1 Å². The van der Waals surface area contributed by atoms with Crippen LogP contribution in [0.15, 0.2) is 24.3 Å². The van der Waals surface area contributed by atoms with E-state index in [-0.39, 0.29) is 36.7 Å². The SMILES string of the molecule is CC(C)N(CCOCCN)CC(=O)Nc1ccc(F)cc1.Cl. The van der Waals surface area contributed by atoms with Gasteiger partial charge in [-0.25, -0.2) is 4.39 Å². The highest BCUT2D eigenvalue weighted by Crippen LogP contribution is 2.08. The van der Waals surface area contributed by atoms with Crippen LogP contribution in [0.4, 0.5) is 10.1 Å². The van der Waals surface area contributed by atoms with E-state index in [4.69, 9.17) is 10.5 Å². The maximum absolute atomic E-state index is 12.8. The van der Waals surface area contributed by atoms with E-state index in [1.165, 1.54) is 24.3 Å². The van der Waals surface area contributed by atoms with Crippen LogP contribution in [0.3, 0.4) is 0 Å². The Morgan fingerprint density at radius 1 is 1.32 bits per heavy atom. The van der Waals surface area contributed by atoms with Crippen LogP contribution in [-0.4, -0.2) is 49.7 Å². The molecule has 1 rings (SSSR count). The number of nitrogens with zero attached hydrogens (tertiary/aromatic N) is 1. The van der Waals surface area contributed by atoms with Gasteiger partial charge >= 0.3 is 0 Å². The lowest BCUT2D eigenvalue weighted by atomic mass is 10.3. The first-order chi connectivity index (χ1) is 10.0. The third kappa shape index (κ3) is 8.29. The van der Waals surface area contributed by atoms with Gasteiger partial charge in [0.25, 0.3) is 0 Å². The van der Waals surface area contributed by atoms with E-state index < -0.39 is 0 Å². The van der Waals surface area contributed by atoms with E-state index in [0.29, 0.717) is 32.0 Å². The Morgan fingerprint density at radius 2 is 1.95 bits per heavy atom. The second-order valence-corrected chi connectivity index (χ2v) is 5.02. The molecular formula is C15H25ClFN3O2. The predicted molar refractivity (Wildman–Crippen MR) is 88.9 cm³/mol. The zero-order valence-corrected chi connectivity index (χ0v) is 13.9. The van der Waals surface area contributed by atoms with Crippen LogP contribution in [0.1, 0.15) is 13.8 Å². The van der Waals surface area contributed by atoms with Crippen molar-refractivity contribution in [1.82, 2.24) is 4.90 Å². The minimum absolute atomic E-state index is 0. The maximum atomic E-state index is 12.8. The summed E-state index contributed by atoms with van der Waals surface area (Å²) in [5, 5.41) is 2.75. The Kier molecular flexibility index (Phi) is 10.7. The van der Waals surface area contributed by atoms with Gasteiger partial charge in [0.05, 0.1) is 19.8 Å². The van der Waals surface area contributed by atoms with Crippen molar-refractivity contribution >= 4 is 24.0 Å². The predicted octanol–water partition coefficient (Wildman–Crippen LogP) is 1.87. The summed E-state index contributed by atoms with van der Waals surface area (Å²) < 4.78 is 18.1. The molecule has 3 N–H and O–H groups in total. The summed E-state index contributed by atoms with van der Waals surface area (Å²) >= 11 is 0. The summed E-state index contributed by atoms with van der Waals surface area (Å²) in [6, 6.07) is 5.94. The lowest BCUT2D eigenvalue weighted by Gasteiger charge is -2.25.